The summed E-state index contributed by atoms with van der Waals surface area (Å²) in [6.07, 6.45) is 5.09. The van der Waals surface area contributed by atoms with Gasteiger partial charge in [0, 0.05) is 6.54 Å². The molecule has 0 N–H and O–H groups in total. The highest BCUT2D eigenvalue weighted by atomic mass is 16.5. The molecule has 2 aromatic carbocycles. The highest BCUT2D eigenvalue weighted by molar-refractivity contribution is 5.86. The number of piperidine rings is 1. The zero-order valence-corrected chi connectivity index (χ0v) is 21.7. The van der Waals surface area contributed by atoms with Crippen LogP contribution in [0.4, 0.5) is 0 Å². The van der Waals surface area contributed by atoms with E-state index in [4.69, 9.17) is 23.7 Å². The highest BCUT2D eigenvalue weighted by Gasteiger charge is 2.33. The number of hydrogen-bond donors (Lipinski definition) is 0. The lowest BCUT2D eigenvalue weighted by Gasteiger charge is -2.34. The molecule has 36 heavy (non-hydrogen) atoms. The van der Waals surface area contributed by atoms with Crippen molar-refractivity contribution in [2.24, 2.45) is 0 Å². The van der Waals surface area contributed by atoms with Gasteiger partial charge in [0.1, 0.15) is 11.8 Å². The van der Waals surface area contributed by atoms with Crippen LogP contribution in [-0.2, 0) is 27.2 Å². The smallest absolute Gasteiger partial charge is 0.328 e. The molecule has 0 spiro atoms. The lowest BCUT2D eigenvalue weighted by atomic mass is 10.0. The van der Waals surface area contributed by atoms with Crippen LogP contribution in [0.25, 0.3) is 0 Å². The van der Waals surface area contributed by atoms with Crippen LogP contribution in [0.15, 0.2) is 36.4 Å². The molecule has 3 rings (SSSR count). The van der Waals surface area contributed by atoms with Crippen molar-refractivity contribution in [3.63, 3.8) is 0 Å². The van der Waals surface area contributed by atoms with Crippen LogP contribution >= 0.6 is 0 Å². The molecule has 0 saturated carbocycles. The van der Waals surface area contributed by atoms with Gasteiger partial charge in [-0.05, 0) is 73.9 Å². The van der Waals surface area contributed by atoms with E-state index in [1.54, 1.807) is 24.1 Å². The topological polar surface area (TPSA) is 83.5 Å². The number of hydrogen-bond acceptors (Lipinski definition) is 7. The summed E-state index contributed by atoms with van der Waals surface area (Å²) in [7, 11) is 6.26. The van der Waals surface area contributed by atoms with E-state index in [0.29, 0.717) is 36.8 Å². The van der Waals surface area contributed by atoms with Gasteiger partial charge in [-0.1, -0.05) is 12.1 Å². The Morgan fingerprint density at radius 1 is 0.861 bits per heavy atom. The Labute approximate surface area is 213 Å². The van der Waals surface area contributed by atoms with Crippen molar-refractivity contribution >= 4 is 11.9 Å². The van der Waals surface area contributed by atoms with Crippen molar-refractivity contribution in [2.45, 2.75) is 51.0 Å². The molecule has 8 heteroatoms. The number of unbranched alkanes of at least 4 members (excludes halogenated alkanes) is 1. The second kappa shape index (κ2) is 13.6. The van der Waals surface area contributed by atoms with Crippen LogP contribution < -0.4 is 18.9 Å². The molecular formula is C28H37NO7. The molecule has 0 unspecified atom stereocenters. The monoisotopic (exact) mass is 499 g/mol. The van der Waals surface area contributed by atoms with E-state index in [1.807, 2.05) is 24.3 Å². The SMILES string of the molecule is COc1ccc(CCCCOC(=O)[C@@H]2CCCCN2C(=O)Cc2cc(OC)c(OC)c(OC)c2)cc1. The largest absolute Gasteiger partial charge is 0.497 e. The third kappa shape index (κ3) is 7.06. The average Bonchev–Trinajstić information content (AvgIpc) is 2.92. The van der Waals surface area contributed by atoms with Gasteiger partial charge < -0.3 is 28.6 Å². The van der Waals surface area contributed by atoms with Gasteiger partial charge in [-0.2, -0.15) is 0 Å². The number of carbonyl (C=O) groups excluding carboxylic acids is 2. The van der Waals surface area contributed by atoms with E-state index in [1.165, 1.54) is 26.9 Å². The summed E-state index contributed by atoms with van der Waals surface area (Å²) in [6, 6.07) is 11.0. The van der Waals surface area contributed by atoms with Crippen molar-refractivity contribution in [1.29, 1.82) is 0 Å². The standard InChI is InChI=1S/C28H37NO7/c1-32-22-13-11-20(12-14-22)9-6-8-16-36-28(31)23-10-5-7-15-29(23)26(30)19-21-17-24(33-2)27(35-4)25(18-21)34-3/h11-14,17-18,23H,5-10,15-16,19H2,1-4H3/t23-/m0/s1. The second-order valence-electron chi connectivity index (χ2n) is 8.78. The lowest BCUT2D eigenvalue weighted by Crippen LogP contribution is -2.49. The molecule has 1 aliphatic heterocycles. The maximum Gasteiger partial charge on any atom is 0.328 e. The molecule has 8 nitrogen and oxygen atoms in total. The Kier molecular flexibility index (Phi) is 10.3. The zero-order chi connectivity index (χ0) is 25.9. The van der Waals surface area contributed by atoms with Gasteiger partial charge >= 0.3 is 5.97 Å². The van der Waals surface area contributed by atoms with E-state index in [0.717, 1.165) is 43.4 Å². The first-order valence-corrected chi connectivity index (χ1v) is 12.4. The number of methoxy groups -OCH3 is 4. The van der Waals surface area contributed by atoms with Crippen LogP contribution in [-0.4, -0.2) is 64.4 Å². The van der Waals surface area contributed by atoms with Crippen molar-refractivity contribution < 1.29 is 33.3 Å². The fourth-order valence-corrected chi connectivity index (χ4v) is 4.48. The van der Waals surface area contributed by atoms with E-state index in [9.17, 15) is 9.59 Å². The second-order valence-corrected chi connectivity index (χ2v) is 8.78. The number of amides is 1. The number of esters is 1. The number of benzene rings is 2. The van der Waals surface area contributed by atoms with E-state index >= 15 is 0 Å². The number of carbonyl (C=O) groups is 2. The van der Waals surface area contributed by atoms with Crippen LogP contribution in [0.3, 0.4) is 0 Å². The van der Waals surface area contributed by atoms with E-state index in [2.05, 4.69) is 0 Å². The fraction of sp³-hybridized carbons (Fsp3) is 0.500. The lowest BCUT2D eigenvalue weighted by molar-refractivity contribution is -0.157. The maximum atomic E-state index is 13.2. The van der Waals surface area contributed by atoms with Crippen LogP contribution in [0, 0.1) is 0 Å². The fourth-order valence-electron chi connectivity index (χ4n) is 4.48. The number of rotatable bonds is 12. The van der Waals surface area contributed by atoms with Gasteiger partial charge in [-0.25, -0.2) is 4.79 Å². The number of nitrogens with zero attached hydrogens (tertiary/aromatic N) is 1. The first kappa shape index (κ1) is 27.2. The first-order valence-electron chi connectivity index (χ1n) is 12.4. The Morgan fingerprint density at radius 2 is 1.56 bits per heavy atom. The number of ether oxygens (including phenoxy) is 5. The minimum absolute atomic E-state index is 0.120. The van der Waals surface area contributed by atoms with Crippen molar-refractivity contribution in [3.05, 3.63) is 47.5 Å². The molecule has 1 atom stereocenters. The third-order valence-electron chi connectivity index (χ3n) is 6.44. The normalized spacial score (nSPS) is 15.2. The summed E-state index contributed by atoms with van der Waals surface area (Å²) in [6.45, 7) is 0.890. The van der Waals surface area contributed by atoms with Crippen molar-refractivity contribution in [2.75, 3.05) is 41.6 Å². The van der Waals surface area contributed by atoms with Crippen LogP contribution in [0.1, 0.15) is 43.2 Å². The summed E-state index contributed by atoms with van der Waals surface area (Å²) < 4.78 is 26.9. The van der Waals surface area contributed by atoms with E-state index in [-0.39, 0.29) is 18.3 Å². The number of likely N-dealkylation sites (tertiary alicyclic amines) is 1. The Balaban J connectivity index is 1.53. The number of aryl methyl sites for hydroxylation is 1. The molecule has 0 aliphatic carbocycles. The Bertz CT molecular complexity index is 980. The molecule has 1 aliphatic rings. The van der Waals surface area contributed by atoms with Crippen molar-refractivity contribution in [1.82, 2.24) is 4.90 Å². The molecule has 1 fully saturated rings. The van der Waals surface area contributed by atoms with E-state index < -0.39 is 6.04 Å². The predicted molar refractivity (Wildman–Crippen MR) is 136 cm³/mol. The maximum absolute atomic E-state index is 13.2. The minimum Gasteiger partial charge on any atom is -0.497 e. The summed E-state index contributed by atoms with van der Waals surface area (Å²) >= 11 is 0. The van der Waals surface area contributed by atoms with Gasteiger partial charge in [-0.3, -0.25) is 4.79 Å². The molecule has 2 aromatic rings. The summed E-state index contributed by atoms with van der Waals surface area (Å²) in [5.74, 6) is 1.85. The Morgan fingerprint density at radius 3 is 2.17 bits per heavy atom. The zero-order valence-electron chi connectivity index (χ0n) is 21.7. The van der Waals surface area contributed by atoms with Gasteiger partial charge in [0.25, 0.3) is 0 Å². The third-order valence-corrected chi connectivity index (χ3v) is 6.44. The summed E-state index contributed by atoms with van der Waals surface area (Å²) in [4.78, 5) is 27.7. The quantitative estimate of drug-likeness (QED) is 0.320. The van der Waals surface area contributed by atoms with Gasteiger partial charge in [0.15, 0.2) is 11.5 Å². The molecule has 196 valence electrons. The highest BCUT2D eigenvalue weighted by Crippen LogP contribution is 2.38. The molecule has 1 saturated heterocycles. The molecule has 0 aromatic heterocycles. The first-order chi connectivity index (χ1) is 17.5. The van der Waals surface area contributed by atoms with Gasteiger partial charge in [-0.15, -0.1) is 0 Å². The van der Waals surface area contributed by atoms with Gasteiger partial charge in [0.2, 0.25) is 11.7 Å². The molecule has 0 radical (unpaired) electrons. The molecule has 1 heterocycles. The molecule has 1 amide bonds. The molecule has 0 bridgehead atoms. The van der Waals surface area contributed by atoms with Gasteiger partial charge in [0.05, 0.1) is 41.5 Å². The predicted octanol–water partition coefficient (Wildman–Crippen LogP) is 4.21. The van der Waals surface area contributed by atoms with Crippen molar-refractivity contribution in [3.8, 4) is 23.0 Å². The Hall–Kier alpha value is -3.42. The van der Waals surface area contributed by atoms with Crippen LogP contribution in [0.5, 0.6) is 23.0 Å². The molecular weight excluding hydrogens is 462 g/mol. The minimum atomic E-state index is -0.546. The summed E-state index contributed by atoms with van der Waals surface area (Å²) in [5, 5.41) is 0. The van der Waals surface area contributed by atoms with Crippen LogP contribution in [0.2, 0.25) is 0 Å². The average molecular weight is 500 g/mol. The summed E-state index contributed by atoms with van der Waals surface area (Å²) in [5.41, 5.74) is 1.95.